The van der Waals surface area contributed by atoms with Gasteiger partial charge in [0.1, 0.15) is 16.5 Å². The highest BCUT2D eigenvalue weighted by molar-refractivity contribution is 7.09. The molecule has 1 aliphatic heterocycles. The van der Waals surface area contributed by atoms with Crippen LogP contribution < -0.4 is 0 Å². The fraction of sp³-hybridized carbons (Fsp3) is 0.429. The van der Waals surface area contributed by atoms with E-state index in [9.17, 15) is 22.7 Å². The van der Waals surface area contributed by atoms with E-state index in [-0.39, 0.29) is 5.82 Å². The van der Waals surface area contributed by atoms with Crippen LogP contribution in [0, 0.1) is 5.82 Å². The van der Waals surface area contributed by atoms with E-state index in [2.05, 4.69) is 15.2 Å². The number of aromatic nitrogens is 4. The minimum absolute atomic E-state index is 0.231. The Labute approximate surface area is 196 Å². The predicted molar refractivity (Wildman–Crippen MR) is 115 cm³/mol. The second-order valence-corrected chi connectivity index (χ2v) is 8.69. The van der Waals surface area contributed by atoms with Crippen molar-refractivity contribution in [3.05, 3.63) is 52.4 Å². The molecule has 8 nitrogen and oxygen atoms in total. The molecule has 1 unspecified atom stereocenters. The van der Waals surface area contributed by atoms with Crippen molar-refractivity contribution < 1.29 is 32.6 Å². The summed E-state index contributed by atoms with van der Waals surface area (Å²) in [6.07, 6.45) is -1.82. The summed E-state index contributed by atoms with van der Waals surface area (Å²) in [4.78, 5) is 16.0. The van der Waals surface area contributed by atoms with Crippen molar-refractivity contribution in [1.29, 1.82) is 0 Å². The topological polar surface area (TPSA) is 104 Å². The average molecular weight is 502 g/mol. The Hall–Kier alpha value is -2.90. The number of carbonyl (C=O) groups is 1. The Morgan fingerprint density at radius 1 is 1.24 bits per heavy atom. The van der Waals surface area contributed by atoms with Crippen LogP contribution in [-0.2, 0) is 11.3 Å². The zero-order valence-electron chi connectivity index (χ0n) is 18.1. The summed E-state index contributed by atoms with van der Waals surface area (Å²) < 4.78 is 46.7. The molecule has 1 fully saturated rings. The predicted octanol–water partition coefficient (Wildman–Crippen LogP) is 4.06. The number of benzene rings is 1. The SMILES string of the molecule is CC(O)c1cn(C2CCN(Cc3nc(-c4ccc(F)cc4)cs3)CC2)nn1.O=C(O)C(F)(F)F. The maximum absolute atomic E-state index is 13.1. The molecule has 2 N–H and O–H groups in total. The number of thiazole rings is 1. The first-order valence-corrected chi connectivity index (χ1v) is 11.2. The lowest BCUT2D eigenvalue weighted by atomic mass is 10.1. The molecule has 0 saturated carbocycles. The number of hydrogen-bond acceptors (Lipinski definition) is 7. The molecule has 2 aromatic heterocycles. The molecule has 0 bridgehead atoms. The van der Waals surface area contributed by atoms with E-state index >= 15 is 0 Å². The van der Waals surface area contributed by atoms with Gasteiger partial charge in [0.05, 0.1) is 30.6 Å². The molecule has 13 heteroatoms. The quantitative estimate of drug-likeness (QED) is 0.508. The Kier molecular flexibility index (Phi) is 8.33. The first kappa shape index (κ1) is 25.7. The second-order valence-electron chi connectivity index (χ2n) is 7.74. The van der Waals surface area contributed by atoms with Gasteiger partial charge in [-0.1, -0.05) is 5.21 Å². The smallest absolute Gasteiger partial charge is 0.475 e. The van der Waals surface area contributed by atoms with Gasteiger partial charge < -0.3 is 10.2 Å². The van der Waals surface area contributed by atoms with Crippen LogP contribution in [0.4, 0.5) is 17.6 Å². The van der Waals surface area contributed by atoms with E-state index in [0.29, 0.717) is 11.7 Å². The number of hydrogen-bond donors (Lipinski definition) is 2. The molecular formula is C21H23F4N5O3S. The van der Waals surface area contributed by atoms with E-state index in [1.807, 2.05) is 16.3 Å². The van der Waals surface area contributed by atoms with Crippen LogP contribution in [0.1, 0.15) is 42.6 Å². The van der Waals surface area contributed by atoms with Crippen LogP contribution in [0.15, 0.2) is 35.8 Å². The lowest BCUT2D eigenvalue weighted by molar-refractivity contribution is -0.192. The molecule has 0 radical (unpaired) electrons. The maximum atomic E-state index is 13.1. The summed E-state index contributed by atoms with van der Waals surface area (Å²) in [5.41, 5.74) is 2.46. The standard InChI is InChI=1S/C19H22FN5OS.C2HF3O2/c1-13(26)17-10-25(23-22-17)16-6-8-24(9-7-16)11-19-21-18(12-27-19)14-2-4-15(20)5-3-14;3-2(4,5)1(6)7/h2-5,10,12-13,16,26H,6-9,11H2,1H3;(H,6,7). The van der Waals surface area contributed by atoms with Crippen LogP contribution in [0.2, 0.25) is 0 Å². The van der Waals surface area contributed by atoms with E-state index < -0.39 is 18.2 Å². The van der Waals surface area contributed by atoms with Gasteiger partial charge in [0.15, 0.2) is 0 Å². The number of likely N-dealkylation sites (tertiary alicyclic amines) is 1. The number of aliphatic hydroxyl groups is 1. The molecule has 3 heterocycles. The summed E-state index contributed by atoms with van der Waals surface area (Å²) in [5, 5.41) is 28.0. The van der Waals surface area contributed by atoms with E-state index in [0.717, 1.165) is 48.7 Å². The first-order chi connectivity index (χ1) is 16.0. The largest absolute Gasteiger partial charge is 0.490 e. The minimum Gasteiger partial charge on any atom is -0.475 e. The van der Waals surface area contributed by atoms with Crippen LogP contribution in [0.3, 0.4) is 0 Å². The molecule has 3 aromatic rings. The third-order valence-electron chi connectivity index (χ3n) is 5.18. The fourth-order valence-electron chi connectivity index (χ4n) is 3.33. The van der Waals surface area contributed by atoms with Crippen molar-refractivity contribution in [3.8, 4) is 11.3 Å². The van der Waals surface area contributed by atoms with Gasteiger partial charge in [0.2, 0.25) is 0 Å². The van der Waals surface area contributed by atoms with Gasteiger partial charge in [-0.25, -0.2) is 18.9 Å². The molecule has 1 saturated heterocycles. The van der Waals surface area contributed by atoms with Gasteiger partial charge in [-0.05, 0) is 44.0 Å². The van der Waals surface area contributed by atoms with Crippen molar-refractivity contribution in [1.82, 2.24) is 24.9 Å². The lowest BCUT2D eigenvalue weighted by Crippen LogP contribution is -2.34. The number of piperidine rings is 1. The normalized spacial score (nSPS) is 16.1. The highest BCUT2D eigenvalue weighted by Crippen LogP contribution is 2.26. The number of alkyl halides is 3. The highest BCUT2D eigenvalue weighted by Gasteiger charge is 2.38. The van der Waals surface area contributed by atoms with E-state index in [1.165, 1.54) is 12.1 Å². The molecular weight excluding hydrogens is 478 g/mol. The van der Waals surface area contributed by atoms with Crippen molar-refractivity contribution in [2.75, 3.05) is 13.1 Å². The van der Waals surface area contributed by atoms with Crippen molar-refractivity contribution in [2.24, 2.45) is 0 Å². The third kappa shape index (κ3) is 7.05. The zero-order chi connectivity index (χ0) is 24.9. The van der Waals surface area contributed by atoms with Gasteiger partial charge in [0.25, 0.3) is 0 Å². The Morgan fingerprint density at radius 2 is 1.85 bits per heavy atom. The van der Waals surface area contributed by atoms with E-state index in [4.69, 9.17) is 14.9 Å². The lowest BCUT2D eigenvalue weighted by Gasteiger charge is -2.31. The average Bonchev–Trinajstić information content (AvgIpc) is 3.45. The number of rotatable bonds is 5. The number of aliphatic hydroxyl groups excluding tert-OH is 1. The van der Waals surface area contributed by atoms with Crippen LogP contribution in [-0.4, -0.2) is 60.3 Å². The Bertz CT molecular complexity index is 1080. The Balaban J connectivity index is 0.000000406. The third-order valence-corrected chi connectivity index (χ3v) is 6.01. The summed E-state index contributed by atoms with van der Waals surface area (Å²) in [7, 11) is 0. The van der Waals surface area contributed by atoms with E-state index in [1.54, 1.807) is 30.4 Å². The minimum atomic E-state index is -5.08. The number of halogens is 4. The maximum Gasteiger partial charge on any atom is 0.490 e. The van der Waals surface area contributed by atoms with Crippen LogP contribution in [0.25, 0.3) is 11.3 Å². The summed E-state index contributed by atoms with van der Waals surface area (Å²) in [5.74, 6) is -2.99. The number of carboxylic acid groups (broad SMARTS) is 1. The fourth-order valence-corrected chi connectivity index (χ4v) is 4.17. The molecule has 4 rings (SSSR count). The molecule has 0 spiro atoms. The summed E-state index contributed by atoms with van der Waals surface area (Å²) >= 11 is 1.64. The van der Waals surface area contributed by atoms with Crippen LogP contribution >= 0.6 is 11.3 Å². The second kappa shape index (κ2) is 11.0. The van der Waals surface area contributed by atoms with Crippen molar-refractivity contribution in [3.63, 3.8) is 0 Å². The van der Waals surface area contributed by atoms with Gasteiger partial charge in [0, 0.05) is 24.0 Å². The number of aliphatic carboxylic acids is 1. The highest BCUT2D eigenvalue weighted by atomic mass is 32.1. The van der Waals surface area contributed by atoms with Gasteiger partial charge in [-0.2, -0.15) is 13.2 Å². The first-order valence-electron chi connectivity index (χ1n) is 10.4. The van der Waals surface area contributed by atoms with Gasteiger partial charge in [-0.15, -0.1) is 16.4 Å². The van der Waals surface area contributed by atoms with Gasteiger partial charge >= 0.3 is 12.1 Å². The molecule has 184 valence electrons. The van der Waals surface area contributed by atoms with Crippen molar-refractivity contribution in [2.45, 2.75) is 44.6 Å². The number of carboxylic acids is 1. The summed E-state index contributed by atoms with van der Waals surface area (Å²) in [6.45, 7) is 4.47. The van der Waals surface area contributed by atoms with Crippen molar-refractivity contribution >= 4 is 17.3 Å². The van der Waals surface area contributed by atoms with Gasteiger partial charge in [-0.3, -0.25) is 4.90 Å². The molecule has 34 heavy (non-hydrogen) atoms. The molecule has 1 atom stereocenters. The molecule has 0 aliphatic carbocycles. The molecule has 0 amide bonds. The monoisotopic (exact) mass is 501 g/mol. The Morgan fingerprint density at radius 3 is 2.38 bits per heavy atom. The van der Waals surface area contributed by atoms with Crippen LogP contribution in [0.5, 0.6) is 0 Å². The summed E-state index contributed by atoms with van der Waals surface area (Å²) in [6, 6.07) is 6.78. The molecule has 1 aliphatic rings. The number of nitrogens with zero attached hydrogens (tertiary/aromatic N) is 5. The molecule has 1 aromatic carbocycles. The zero-order valence-corrected chi connectivity index (χ0v) is 18.9.